The zero-order valence-corrected chi connectivity index (χ0v) is 10.3. The summed E-state index contributed by atoms with van der Waals surface area (Å²) >= 11 is 0. The normalized spacial score (nSPS) is 19.9. The molecule has 2 aliphatic rings. The van der Waals surface area contributed by atoms with Gasteiger partial charge in [0.1, 0.15) is 5.82 Å². The molecule has 2 aliphatic heterocycles. The van der Waals surface area contributed by atoms with Crippen molar-refractivity contribution in [3.63, 3.8) is 0 Å². The molecule has 3 rings (SSSR count). The number of amides is 1. The van der Waals surface area contributed by atoms with Gasteiger partial charge < -0.3 is 4.74 Å². The second-order valence-electron chi connectivity index (χ2n) is 4.60. The molecule has 0 aliphatic carbocycles. The Morgan fingerprint density at radius 1 is 1.21 bits per heavy atom. The first-order chi connectivity index (χ1) is 9.16. The van der Waals surface area contributed by atoms with E-state index in [1.54, 1.807) is 0 Å². The van der Waals surface area contributed by atoms with E-state index in [0.717, 1.165) is 6.07 Å². The summed E-state index contributed by atoms with van der Waals surface area (Å²) < 4.78 is 18.4. The Hall–Kier alpha value is -1.79. The van der Waals surface area contributed by atoms with Gasteiger partial charge in [-0.25, -0.2) is 4.39 Å². The van der Waals surface area contributed by atoms with E-state index in [1.807, 2.05) is 4.90 Å². The maximum Gasteiger partial charge on any atom is 0.300 e. The van der Waals surface area contributed by atoms with E-state index in [4.69, 9.17) is 4.74 Å². The third kappa shape index (κ3) is 2.13. The van der Waals surface area contributed by atoms with Gasteiger partial charge in [-0.05, 0) is 18.2 Å². The Labute approximate surface area is 109 Å². The van der Waals surface area contributed by atoms with Crippen LogP contribution in [0.2, 0.25) is 0 Å². The fourth-order valence-corrected chi connectivity index (χ4v) is 2.36. The van der Waals surface area contributed by atoms with Crippen LogP contribution in [0.5, 0.6) is 0 Å². The predicted octanol–water partition coefficient (Wildman–Crippen LogP) is 0.645. The zero-order chi connectivity index (χ0) is 13.4. The van der Waals surface area contributed by atoms with Crippen molar-refractivity contribution in [1.29, 1.82) is 0 Å². The van der Waals surface area contributed by atoms with Crippen molar-refractivity contribution in [3.8, 4) is 0 Å². The molecule has 0 saturated carbocycles. The first-order valence-electron chi connectivity index (χ1n) is 6.12. The number of Topliss-reactive ketones (excluding diaryl/α,β-unsaturated/α-hetero) is 1. The van der Waals surface area contributed by atoms with Gasteiger partial charge in [-0.2, -0.15) is 0 Å². The molecule has 0 unspecified atom stereocenters. The first-order valence-corrected chi connectivity index (χ1v) is 6.12. The number of ketones is 1. The van der Waals surface area contributed by atoms with Gasteiger partial charge in [0.15, 0.2) is 0 Å². The molecule has 1 saturated heterocycles. The Bertz CT molecular complexity index is 541. The highest BCUT2D eigenvalue weighted by Crippen LogP contribution is 2.29. The smallest absolute Gasteiger partial charge is 0.300 e. The number of rotatable bonds is 2. The molecule has 1 amide bonds. The lowest BCUT2D eigenvalue weighted by molar-refractivity contribution is -0.114. The van der Waals surface area contributed by atoms with Gasteiger partial charge in [-0.3, -0.25) is 19.4 Å². The Kier molecular flexibility index (Phi) is 3.04. The minimum absolute atomic E-state index is 0.151. The number of hydrogen-bond donors (Lipinski definition) is 0. The minimum atomic E-state index is -0.636. The van der Waals surface area contributed by atoms with Gasteiger partial charge in [-0.15, -0.1) is 0 Å². The molecule has 19 heavy (non-hydrogen) atoms. The highest BCUT2D eigenvalue weighted by molar-refractivity contribution is 6.52. The minimum Gasteiger partial charge on any atom is -0.379 e. The summed E-state index contributed by atoms with van der Waals surface area (Å²) in [6, 6.07) is 3.86. The summed E-state index contributed by atoms with van der Waals surface area (Å²) in [6.45, 7) is 3.01. The van der Waals surface area contributed by atoms with E-state index < -0.39 is 17.5 Å². The van der Waals surface area contributed by atoms with E-state index in [9.17, 15) is 14.0 Å². The average molecular weight is 264 g/mol. The first kappa shape index (κ1) is 12.3. The van der Waals surface area contributed by atoms with Crippen LogP contribution in [-0.4, -0.2) is 49.6 Å². The second kappa shape index (κ2) is 4.71. The van der Waals surface area contributed by atoms with Crippen LogP contribution in [-0.2, 0) is 9.53 Å². The van der Waals surface area contributed by atoms with Gasteiger partial charge in [0.25, 0.3) is 5.78 Å². The molecule has 6 heteroatoms. The van der Waals surface area contributed by atoms with Gasteiger partial charge >= 0.3 is 5.91 Å². The lowest BCUT2D eigenvalue weighted by atomic mass is 10.1. The summed E-state index contributed by atoms with van der Waals surface area (Å²) in [6.07, 6.45) is 0. The maximum absolute atomic E-state index is 13.1. The topological polar surface area (TPSA) is 49.9 Å². The number of anilines is 1. The average Bonchev–Trinajstić information content (AvgIpc) is 2.65. The summed E-state index contributed by atoms with van der Waals surface area (Å²) in [5.41, 5.74) is 0.640. The van der Waals surface area contributed by atoms with E-state index in [2.05, 4.69) is 0 Å². The number of carbonyl (C=O) groups excluding carboxylic acids is 2. The van der Waals surface area contributed by atoms with Gasteiger partial charge in [0.2, 0.25) is 0 Å². The third-order valence-corrected chi connectivity index (χ3v) is 3.38. The van der Waals surface area contributed by atoms with Crippen molar-refractivity contribution in [2.24, 2.45) is 0 Å². The van der Waals surface area contributed by atoms with Gasteiger partial charge in [-0.1, -0.05) is 0 Å². The van der Waals surface area contributed by atoms with E-state index in [0.29, 0.717) is 38.7 Å². The van der Waals surface area contributed by atoms with E-state index in [1.165, 1.54) is 17.0 Å². The van der Waals surface area contributed by atoms with Crippen LogP contribution in [0, 0.1) is 5.82 Å². The molecule has 0 aromatic heterocycles. The molecule has 5 nitrogen and oxygen atoms in total. The highest BCUT2D eigenvalue weighted by Gasteiger charge is 2.36. The third-order valence-electron chi connectivity index (χ3n) is 3.38. The molecular weight excluding hydrogens is 251 g/mol. The number of carbonyl (C=O) groups is 2. The molecule has 0 spiro atoms. The van der Waals surface area contributed by atoms with Crippen LogP contribution < -0.4 is 4.90 Å². The maximum atomic E-state index is 13.1. The fourth-order valence-electron chi connectivity index (χ4n) is 2.36. The van der Waals surface area contributed by atoms with Crippen molar-refractivity contribution in [2.75, 3.05) is 37.9 Å². The predicted molar refractivity (Wildman–Crippen MR) is 65.5 cm³/mol. The van der Waals surface area contributed by atoms with Crippen molar-refractivity contribution in [3.05, 3.63) is 29.6 Å². The highest BCUT2D eigenvalue weighted by atomic mass is 19.1. The fraction of sp³-hybridized carbons (Fsp3) is 0.385. The number of fused-ring (bicyclic) bond motifs is 1. The molecule has 0 N–H and O–H groups in total. The molecular formula is C13H13FN2O3. The summed E-state index contributed by atoms with van der Waals surface area (Å²) in [5.74, 6) is -1.73. The van der Waals surface area contributed by atoms with Crippen LogP contribution in [0.25, 0.3) is 0 Å². The Morgan fingerprint density at radius 3 is 2.68 bits per heavy atom. The van der Waals surface area contributed by atoms with Gasteiger partial charge in [0.05, 0.1) is 31.1 Å². The molecule has 0 atom stereocenters. The second-order valence-corrected chi connectivity index (χ2v) is 4.60. The standard InChI is InChI=1S/C13H13FN2O3/c14-9-1-2-11-10(7-9)12(17)13(18)16(11)8-15-3-5-19-6-4-15/h1-2,7H,3-6,8H2. The van der Waals surface area contributed by atoms with E-state index in [-0.39, 0.29) is 5.56 Å². The van der Waals surface area contributed by atoms with Gasteiger partial charge in [0, 0.05) is 13.1 Å². The van der Waals surface area contributed by atoms with Crippen LogP contribution in [0.3, 0.4) is 0 Å². The zero-order valence-electron chi connectivity index (χ0n) is 10.3. The number of benzene rings is 1. The number of ether oxygens (including phenoxy) is 1. The lowest BCUT2D eigenvalue weighted by Gasteiger charge is -2.30. The summed E-state index contributed by atoms with van der Waals surface area (Å²) in [4.78, 5) is 27.2. The molecule has 100 valence electrons. The lowest BCUT2D eigenvalue weighted by Crippen LogP contribution is -2.45. The number of hydrogen-bond acceptors (Lipinski definition) is 4. The quantitative estimate of drug-likeness (QED) is 0.736. The number of halogens is 1. The molecule has 1 fully saturated rings. The van der Waals surface area contributed by atoms with Crippen LogP contribution >= 0.6 is 0 Å². The number of morpholine rings is 1. The number of nitrogens with zero attached hydrogens (tertiary/aromatic N) is 2. The van der Waals surface area contributed by atoms with Crippen molar-refractivity contribution < 1.29 is 18.7 Å². The molecule has 1 aromatic carbocycles. The molecule has 1 aromatic rings. The summed E-state index contributed by atoms with van der Waals surface area (Å²) in [5, 5.41) is 0. The van der Waals surface area contributed by atoms with Crippen LogP contribution in [0.15, 0.2) is 18.2 Å². The molecule has 0 radical (unpaired) electrons. The van der Waals surface area contributed by atoms with Crippen molar-refractivity contribution in [1.82, 2.24) is 4.90 Å². The van der Waals surface area contributed by atoms with Crippen molar-refractivity contribution in [2.45, 2.75) is 0 Å². The Balaban J connectivity index is 1.86. The monoisotopic (exact) mass is 264 g/mol. The van der Waals surface area contributed by atoms with Crippen LogP contribution in [0.4, 0.5) is 10.1 Å². The Morgan fingerprint density at radius 2 is 1.95 bits per heavy atom. The molecule has 2 heterocycles. The van der Waals surface area contributed by atoms with Crippen LogP contribution in [0.1, 0.15) is 10.4 Å². The van der Waals surface area contributed by atoms with E-state index >= 15 is 0 Å². The molecule has 0 bridgehead atoms. The largest absolute Gasteiger partial charge is 0.379 e. The summed E-state index contributed by atoms with van der Waals surface area (Å²) in [7, 11) is 0. The SMILES string of the molecule is O=C1C(=O)N(CN2CCOCC2)c2ccc(F)cc21. The van der Waals surface area contributed by atoms with Crippen molar-refractivity contribution >= 4 is 17.4 Å².